The van der Waals surface area contributed by atoms with Gasteiger partial charge in [0, 0.05) is 49.2 Å². The van der Waals surface area contributed by atoms with E-state index in [1.54, 1.807) is 0 Å². The summed E-state index contributed by atoms with van der Waals surface area (Å²) >= 11 is 0. The third kappa shape index (κ3) is 5.31. The van der Waals surface area contributed by atoms with Crippen LogP contribution in [0.15, 0.2) is 53.5 Å². The lowest BCUT2D eigenvalue weighted by Crippen LogP contribution is -2.38. The number of carbonyl (C=O) groups excluding carboxylic acids is 1. The van der Waals surface area contributed by atoms with Crippen LogP contribution in [0.25, 0.3) is 10.9 Å². The minimum absolute atomic E-state index is 0.262. The average Bonchev–Trinajstić information content (AvgIpc) is 3.34. The maximum Gasteiger partial charge on any atom is 0.222 e. The Morgan fingerprint density at radius 1 is 1.12 bits per heavy atom. The fourth-order valence-corrected chi connectivity index (χ4v) is 4.39. The summed E-state index contributed by atoms with van der Waals surface area (Å²) in [6, 6.07) is 16.9. The second-order valence-electron chi connectivity index (χ2n) is 8.38. The Balaban J connectivity index is 1.36. The molecule has 0 spiro atoms. The van der Waals surface area contributed by atoms with Crippen LogP contribution in [0.1, 0.15) is 42.1 Å². The van der Waals surface area contributed by atoms with E-state index in [9.17, 15) is 4.79 Å². The van der Waals surface area contributed by atoms with Gasteiger partial charge in [-0.2, -0.15) is 0 Å². The Labute approximate surface area is 190 Å². The van der Waals surface area contributed by atoms with Crippen molar-refractivity contribution in [1.82, 2.24) is 20.5 Å². The monoisotopic (exact) mass is 431 g/mol. The molecule has 4 rings (SSSR count). The molecule has 1 fully saturated rings. The number of nitrogens with zero attached hydrogens (tertiary/aromatic N) is 2. The van der Waals surface area contributed by atoms with Crippen LogP contribution >= 0.6 is 0 Å². The van der Waals surface area contributed by atoms with Crippen LogP contribution in [-0.2, 0) is 24.3 Å². The number of nitrogens with one attached hydrogen (secondary N) is 3. The highest BCUT2D eigenvalue weighted by atomic mass is 16.2. The molecule has 3 aromatic rings. The Morgan fingerprint density at radius 2 is 1.97 bits per heavy atom. The molecule has 0 radical (unpaired) electrons. The van der Waals surface area contributed by atoms with E-state index in [-0.39, 0.29) is 5.91 Å². The molecule has 0 unspecified atom stereocenters. The molecule has 1 saturated heterocycles. The number of amides is 1. The number of likely N-dealkylation sites (tertiary alicyclic amines) is 1. The van der Waals surface area contributed by atoms with Crippen LogP contribution in [0, 0.1) is 6.92 Å². The van der Waals surface area contributed by atoms with Gasteiger partial charge in [-0.3, -0.25) is 4.79 Å². The minimum Gasteiger partial charge on any atom is -0.358 e. The summed E-state index contributed by atoms with van der Waals surface area (Å²) in [5, 5.41) is 8.11. The lowest BCUT2D eigenvalue weighted by Gasteiger charge is -2.16. The first-order valence-electron chi connectivity index (χ1n) is 11.6. The van der Waals surface area contributed by atoms with Crippen molar-refractivity contribution in [3.63, 3.8) is 0 Å². The maximum absolute atomic E-state index is 11.9. The summed E-state index contributed by atoms with van der Waals surface area (Å²) in [5.41, 5.74) is 6.09. The zero-order chi connectivity index (χ0) is 22.3. The summed E-state index contributed by atoms with van der Waals surface area (Å²) < 4.78 is 0. The normalized spacial score (nSPS) is 14.4. The molecular weight excluding hydrogens is 398 g/mol. The molecule has 3 N–H and O–H groups in total. The van der Waals surface area contributed by atoms with Crippen LogP contribution in [0.2, 0.25) is 0 Å². The van der Waals surface area contributed by atoms with E-state index in [1.165, 1.54) is 27.7 Å². The van der Waals surface area contributed by atoms with Gasteiger partial charge in [-0.05, 0) is 49.4 Å². The number of hydrogen-bond acceptors (Lipinski definition) is 2. The number of aromatic nitrogens is 1. The Hall–Kier alpha value is -3.28. The number of benzene rings is 2. The second kappa shape index (κ2) is 10.4. The highest BCUT2D eigenvalue weighted by molar-refractivity contribution is 5.85. The zero-order valence-electron chi connectivity index (χ0n) is 19.1. The van der Waals surface area contributed by atoms with Crippen LogP contribution in [0.4, 0.5) is 0 Å². The number of rotatable bonds is 8. The van der Waals surface area contributed by atoms with Gasteiger partial charge in [-0.15, -0.1) is 0 Å². The van der Waals surface area contributed by atoms with Crippen molar-refractivity contribution in [2.75, 3.05) is 19.6 Å². The van der Waals surface area contributed by atoms with E-state index < -0.39 is 0 Å². The molecule has 2 heterocycles. The molecule has 1 aliphatic heterocycles. The van der Waals surface area contributed by atoms with Gasteiger partial charge < -0.3 is 20.5 Å². The van der Waals surface area contributed by atoms with Crippen molar-refractivity contribution in [3.05, 3.63) is 70.9 Å². The average molecular weight is 432 g/mol. The molecule has 1 aromatic heterocycles. The van der Waals surface area contributed by atoms with E-state index >= 15 is 0 Å². The lowest BCUT2D eigenvalue weighted by molar-refractivity contribution is -0.128. The smallest absolute Gasteiger partial charge is 0.222 e. The van der Waals surface area contributed by atoms with Crippen LogP contribution in [-0.4, -0.2) is 41.4 Å². The number of aromatic amines is 1. The molecule has 6 heteroatoms. The van der Waals surface area contributed by atoms with Crippen molar-refractivity contribution in [1.29, 1.82) is 0 Å². The Morgan fingerprint density at radius 3 is 2.78 bits per heavy atom. The van der Waals surface area contributed by atoms with E-state index in [0.717, 1.165) is 44.0 Å². The Bertz CT molecular complexity index is 1100. The SMILES string of the molecule is CCNC(=NCc1cccc(CN2CCCC2=O)c1)NCCc1c(C)[nH]c2ccccc12. The van der Waals surface area contributed by atoms with E-state index in [1.807, 2.05) is 4.90 Å². The number of aryl methyl sites for hydroxylation is 1. The standard InChI is InChI=1S/C26H33N5O/c1-3-27-26(28-14-13-22-19(2)30-24-11-5-4-10-23(22)24)29-17-20-8-6-9-21(16-20)18-31-15-7-12-25(31)32/h4-6,8-11,16,30H,3,7,12-15,17-18H2,1-2H3,(H2,27,28,29). The molecule has 0 bridgehead atoms. The maximum atomic E-state index is 11.9. The van der Waals surface area contributed by atoms with Crippen LogP contribution in [0.5, 0.6) is 0 Å². The second-order valence-corrected chi connectivity index (χ2v) is 8.38. The first kappa shape index (κ1) is 21.9. The first-order chi connectivity index (χ1) is 15.6. The number of fused-ring (bicyclic) bond motifs is 1. The molecule has 1 amide bonds. The number of hydrogen-bond donors (Lipinski definition) is 3. The molecule has 1 aliphatic rings. The van der Waals surface area contributed by atoms with Gasteiger partial charge in [0.05, 0.1) is 6.54 Å². The molecule has 168 valence electrons. The summed E-state index contributed by atoms with van der Waals surface area (Å²) in [5.74, 6) is 1.09. The fourth-order valence-electron chi connectivity index (χ4n) is 4.39. The Kier molecular flexibility index (Phi) is 7.10. The van der Waals surface area contributed by atoms with Gasteiger partial charge in [0.15, 0.2) is 5.96 Å². The fraction of sp³-hybridized carbons (Fsp3) is 0.385. The van der Waals surface area contributed by atoms with E-state index in [2.05, 4.69) is 78.0 Å². The van der Waals surface area contributed by atoms with Gasteiger partial charge >= 0.3 is 0 Å². The molecule has 2 aromatic carbocycles. The number of H-pyrrole nitrogens is 1. The number of guanidine groups is 1. The lowest BCUT2D eigenvalue weighted by atomic mass is 10.1. The van der Waals surface area contributed by atoms with Crippen molar-refractivity contribution in [2.24, 2.45) is 4.99 Å². The molecule has 0 saturated carbocycles. The van der Waals surface area contributed by atoms with Gasteiger partial charge in [0.1, 0.15) is 0 Å². The topological polar surface area (TPSA) is 72.5 Å². The van der Waals surface area contributed by atoms with Gasteiger partial charge in [-0.25, -0.2) is 4.99 Å². The summed E-state index contributed by atoms with van der Waals surface area (Å²) in [6.45, 7) is 8.00. The van der Waals surface area contributed by atoms with Crippen molar-refractivity contribution < 1.29 is 4.79 Å². The first-order valence-corrected chi connectivity index (χ1v) is 11.6. The quantitative estimate of drug-likeness (QED) is 0.374. The van der Waals surface area contributed by atoms with Crippen molar-refractivity contribution in [2.45, 2.75) is 46.2 Å². The van der Waals surface area contributed by atoms with Crippen molar-refractivity contribution >= 4 is 22.8 Å². The van der Waals surface area contributed by atoms with Crippen LogP contribution in [0.3, 0.4) is 0 Å². The number of carbonyl (C=O) groups is 1. The predicted octanol–water partition coefficient (Wildman–Crippen LogP) is 3.90. The number of para-hydroxylation sites is 1. The third-order valence-electron chi connectivity index (χ3n) is 5.99. The minimum atomic E-state index is 0.262. The molecule has 6 nitrogen and oxygen atoms in total. The molecule has 0 aliphatic carbocycles. The molecular formula is C26H33N5O. The van der Waals surface area contributed by atoms with Crippen molar-refractivity contribution in [3.8, 4) is 0 Å². The highest BCUT2D eigenvalue weighted by Crippen LogP contribution is 2.22. The van der Waals surface area contributed by atoms with E-state index in [4.69, 9.17) is 4.99 Å². The van der Waals surface area contributed by atoms with Crippen LogP contribution < -0.4 is 10.6 Å². The largest absolute Gasteiger partial charge is 0.358 e. The van der Waals surface area contributed by atoms with Gasteiger partial charge in [0.2, 0.25) is 5.91 Å². The molecule has 32 heavy (non-hydrogen) atoms. The molecule has 0 atom stereocenters. The van der Waals surface area contributed by atoms with E-state index in [0.29, 0.717) is 19.5 Å². The van der Waals surface area contributed by atoms with Gasteiger partial charge in [-0.1, -0.05) is 42.5 Å². The van der Waals surface area contributed by atoms with Gasteiger partial charge in [0.25, 0.3) is 0 Å². The summed E-state index contributed by atoms with van der Waals surface area (Å²) in [7, 11) is 0. The highest BCUT2D eigenvalue weighted by Gasteiger charge is 2.19. The zero-order valence-corrected chi connectivity index (χ0v) is 19.1. The third-order valence-corrected chi connectivity index (χ3v) is 5.99. The predicted molar refractivity (Wildman–Crippen MR) is 131 cm³/mol. The summed E-state index contributed by atoms with van der Waals surface area (Å²) in [6.07, 6.45) is 2.58. The number of aliphatic imine (C=N–C) groups is 1. The summed E-state index contributed by atoms with van der Waals surface area (Å²) in [4.78, 5) is 22.1.